The van der Waals surface area contributed by atoms with Gasteiger partial charge in [0.05, 0.1) is 13.7 Å². The molecule has 2 aromatic carbocycles. The first kappa shape index (κ1) is 33.5. The van der Waals surface area contributed by atoms with E-state index in [9.17, 15) is 29.1 Å². The third-order valence-corrected chi connectivity index (χ3v) is 7.27. The van der Waals surface area contributed by atoms with Crippen molar-refractivity contribution in [1.82, 2.24) is 20.4 Å². The van der Waals surface area contributed by atoms with Crippen molar-refractivity contribution in [3.05, 3.63) is 65.2 Å². The first-order chi connectivity index (χ1) is 21.0. The molecule has 2 atom stereocenters. The molecule has 0 bridgehead atoms. The van der Waals surface area contributed by atoms with E-state index in [1.165, 1.54) is 41.2 Å². The number of nitrogens with zero attached hydrogens (tertiary/aromatic N) is 2. The van der Waals surface area contributed by atoms with Gasteiger partial charge in [-0.1, -0.05) is 24.3 Å². The fraction of sp³-hybridized carbons (Fsp3) is 0.400. The molecule has 1 fully saturated rings. The van der Waals surface area contributed by atoms with Crippen LogP contribution in [0, 0.1) is 5.41 Å². The maximum absolute atomic E-state index is 14.1. The molecule has 0 aliphatic carbocycles. The zero-order valence-electron chi connectivity index (χ0n) is 24.6. The highest BCUT2D eigenvalue weighted by Crippen LogP contribution is 2.21. The summed E-state index contributed by atoms with van der Waals surface area (Å²) in [6.07, 6.45) is 1.32. The van der Waals surface area contributed by atoms with Gasteiger partial charge in [0.1, 0.15) is 30.2 Å². The smallest absolute Gasteiger partial charge is 0.323 e. The van der Waals surface area contributed by atoms with Gasteiger partial charge in [0.25, 0.3) is 5.91 Å². The number of rotatable bonds is 15. The number of unbranched alkanes of at least 4 members (excludes halogenated alkanes) is 1. The second kappa shape index (κ2) is 16.0. The number of amidine groups is 1. The summed E-state index contributed by atoms with van der Waals surface area (Å²) in [7, 11) is 1.53. The molecule has 44 heavy (non-hydrogen) atoms. The van der Waals surface area contributed by atoms with Crippen LogP contribution in [-0.2, 0) is 25.6 Å². The minimum Gasteiger partial charge on any atom is -0.497 e. The summed E-state index contributed by atoms with van der Waals surface area (Å²) in [5, 5.41) is 22.3. The number of carbonyl (C=O) groups excluding carboxylic acids is 4. The van der Waals surface area contributed by atoms with Gasteiger partial charge < -0.3 is 41.7 Å². The van der Waals surface area contributed by atoms with Gasteiger partial charge in [-0.15, -0.1) is 0 Å². The molecular weight excluding hydrogens is 570 g/mol. The molecule has 14 nitrogen and oxygen atoms in total. The van der Waals surface area contributed by atoms with Crippen molar-refractivity contribution in [3.63, 3.8) is 0 Å². The number of carboxylic acids is 1. The Bertz CT molecular complexity index is 1350. The lowest BCUT2D eigenvalue weighted by molar-refractivity contribution is -0.156. The molecule has 2 aromatic rings. The van der Waals surface area contributed by atoms with Gasteiger partial charge in [0.15, 0.2) is 0 Å². The molecule has 1 aliphatic rings. The summed E-state index contributed by atoms with van der Waals surface area (Å²) in [6, 6.07) is 11.1. The van der Waals surface area contributed by atoms with Gasteiger partial charge in [-0.05, 0) is 49.1 Å². The van der Waals surface area contributed by atoms with Crippen LogP contribution in [0.25, 0.3) is 0 Å². The SMILES string of the molecule is COc1ccc(CC(NC(=O)c2ccc(C(=N)N)cc2)C(=O)N2CCN(CC(=O)O)C(=O)[C@@H]2CCCCNC(=O)CN)cc1. The van der Waals surface area contributed by atoms with Crippen molar-refractivity contribution in [3.8, 4) is 5.75 Å². The van der Waals surface area contributed by atoms with E-state index in [1.54, 1.807) is 24.3 Å². The number of nitrogen functional groups attached to an aromatic ring is 1. The molecule has 0 aromatic heterocycles. The Balaban J connectivity index is 1.85. The highest BCUT2D eigenvalue weighted by molar-refractivity contribution is 6.00. The molecule has 0 radical (unpaired) electrons. The normalized spacial score (nSPS) is 15.3. The molecule has 3 rings (SSSR count). The number of hydrogen-bond acceptors (Lipinski definition) is 8. The Labute approximate surface area is 255 Å². The summed E-state index contributed by atoms with van der Waals surface area (Å²) in [4.78, 5) is 66.3. The van der Waals surface area contributed by atoms with Crippen LogP contribution in [0.2, 0.25) is 0 Å². The van der Waals surface area contributed by atoms with Crippen molar-refractivity contribution in [1.29, 1.82) is 5.41 Å². The highest BCUT2D eigenvalue weighted by atomic mass is 16.5. The summed E-state index contributed by atoms with van der Waals surface area (Å²) in [6.45, 7) is -0.200. The fourth-order valence-corrected chi connectivity index (χ4v) is 4.90. The molecule has 8 N–H and O–H groups in total. The van der Waals surface area contributed by atoms with Gasteiger partial charge in [-0.3, -0.25) is 29.4 Å². The zero-order chi connectivity index (χ0) is 32.2. The van der Waals surface area contributed by atoms with Crippen LogP contribution in [-0.4, -0.2) is 102 Å². The van der Waals surface area contributed by atoms with Crippen LogP contribution in [0.15, 0.2) is 48.5 Å². The first-order valence-electron chi connectivity index (χ1n) is 14.2. The third-order valence-electron chi connectivity index (χ3n) is 7.27. The van der Waals surface area contributed by atoms with Crippen LogP contribution in [0.3, 0.4) is 0 Å². The Kier molecular flexibility index (Phi) is 12.2. The lowest BCUT2D eigenvalue weighted by atomic mass is 9.99. The van der Waals surface area contributed by atoms with E-state index < -0.39 is 42.3 Å². The third kappa shape index (κ3) is 9.26. The largest absolute Gasteiger partial charge is 0.497 e. The molecule has 236 valence electrons. The van der Waals surface area contributed by atoms with E-state index in [0.29, 0.717) is 30.7 Å². The predicted octanol–water partition coefficient (Wildman–Crippen LogP) is -0.310. The predicted molar refractivity (Wildman–Crippen MR) is 161 cm³/mol. The number of nitrogens with one attached hydrogen (secondary N) is 3. The number of ether oxygens (including phenoxy) is 1. The molecule has 4 amide bonds. The number of carboxylic acid groups (broad SMARTS) is 1. The van der Waals surface area contributed by atoms with Gasteiger partial charge >= 0.3 is 5.97 Å². The Morgan fingerprint density at radius 1 is 1.05 bits per heavy atom. The van der Waals surface area contributed by atoms with E-state index in [4.69, 9.17) is 21.6 Å². The number of piperazine rings is 1. The van der Waals surface area contributed by atoms with Crippen molar-refractivity contribution < 1.29 is 33.8 Å². The number of methoxy groups -OCH3 is 1. The molecule has 1 aliphatic heterocycles. The second-order valence-corrected chi connectivity index (χ2v) is 10.3. The number of nitrogens with two attached hydrogens (primary N) is 2. The lowest BCUT2D eigenvalue weighted by Crippen LogP contribution is -2.63. The van der Waals surface area contributed by atoms with Gasteiger partial charge in [0, 0.05) is 37.2 Å². The van der Waals surface area contributed by atoms with Crippen LogP contribution >= 0.6 is 0 Å². The molecule has 14 heteroatoms. The van der Waals surface area contributed by atoms with Crippen molar-refractivity contribution in [2.24, 2.45) is 11.5 Å². The Morgan fingerprint density at radius 3 is 2.30 bits per heavy atom. The lowest BCUT2D eigenvalue weighted by Gasteiger charge is -2.41. The van der Waals surface area contributed by atoms with Crippen molar-refractivity contribution >= 4 is 35.4 Å². The number of amides is 4. The van der Waals surface area contributed by atoms with E-state index in [-0.39, 0.29) is 49.8 Å². The molecule has 0 saturated carbocycles. The monoisotopic (exact) mass is 609 g/mol. The Morgan fingerprint density at radius 2 is 1.70 bits per heavy atom. The number of carbonyl (C=O) groups is 5. The topological polar surface area (TPSA) is 221 Å². The average Bonchev–Trinajstić information content (AvgIpc) is 3.01. The van der Waals surface area contributed by atoms with Gasteiger partial charge in [0.2, 0.25) is 17.7 Å². The van der Waals surface area contributed by atoms with Gasteiger partial charge in [-0.25, -0.2) is 0 Å². The van der Waals surface area contributed by atoms with Crippen LogP contribution < -0.4 is 26.8 Å². The minimum atomic E-state index is -1.16. The number of hydrogen-bond donors (Lipinski definition) is 6. The van der Waals surface area contributed by atoms with Crippen LogP contribution in [0.5, 0.6) is 5.75 Å². The second-order valence-electron chi connectivity index (χ2n) is 10.3. The van der Waals surface area contributed by atoms with E-state index in [1.807, 2.05) is 0 Å². The average molecular weight is 610 g/mol. The summed E-state index contributed by atoms with van der Waals surface area (Å²) < 4.78 is 5.22. The first-order valence-corrected chi connectivity index (χ1v) is 14.2. The van der Waals surface area contributed by atoms with Crippen molar-refractivity contribution in [2.75, 3.05) is 39.8 Å². The van der Waals surface area contributed by atoms with E-state index in [0.717, 1.165) is 5.56 Å². The summed E-state index contributed by atoms with van der Waals surface area (Å²) in [5.74, 6) is -2.52. The summed E-state index contributed by atoms with van der Waals surface area (Å²) in [5.41, 5.74) is 12.3. The number of aliphatic carboxylic acids is 1. The maximum atomic E-state index is 14.1. The quantitative estimate of drug-likeness (QED) is 0.0884. The molecule has 1 unspecified atom stereocenters. The standard InChI is InChI=1S/C30H39N7O7/c1-44-22-11-5-19(6-12-22)16-23(35-28(41)21-9-7-20(8-10-21)27(32)33)29(42)37-15-14-36(18-26(39)40)30(43)24(37)4-2-3-13-34-25(38)17-31/h5-12,23-24H,2-4,13-18,31H2,1H3,(H3,32,33)(H,34,38)(H,35,41)(H,39,40)/t23?,24-/m0/s1. The van der Waals surface area contributed by atoms with Gasteiger partial charge in [-0.2, -0.15) is 0 Å². The highest BCUT2D eigenvalue weighted by Gasteiger charge is 2.40. The fourth-order valence-electron chi connectivity index (χ4n) is 4.90. The molecule has 1 heterocycles. The van der Waals surface area contributed by atoms with Crippen molar-refractivity contribution in [2.45, 2.75) is 37.8 Å². The molecule has 1 saturated heterocycles. The number of benzene rings is 2. The maximum Gasteiger partial charge on any atom is 0.323 e. The molecular formula is C30H39N7O7. The van der Waals surface area contributed by atoms with Crippen LogP contribution in [0.4, 0.5) is 0 Å². The van der Waals surface area contributed by atoms with E-state index >= 15 is 0 Å². The Hall–Kier alpha value is -4.98. The molecule has 0 spiro atoms. The summed E-state index contributed by atoms with van der Waals surface area (Å²) >= 11 is 0. The van der Waals surface area contributed by atoms with Crippen LogP contribution in [0.1, 0.15) is 40.7 Å². The minimum absolute atomic E-state index is 0.0235. The zero-order valence-corrected chi connectivity index (χ0v) is 24.6. The van der Waals surface area contributed by atoms with E-state index in [2.05, 4.69) is 10.6 Å².